The second-order valence-corrected chi connectivity index (χ2v) is 7.92. The molecule has 2 aromatic carbocycles. The van der Waals surface area contributed by atoms with Gasteiger partial charge in [0.2, 0.25) is 0 Å². The molecule has 0 saturated heterocycles. The lowest BCUT2D eigenvalue weighted by atomic mass is 10.1. The monoisotopic (exact) mass is 499 g/mol. The lowest BCUT2D eigenvalue weighted by Crippen LogP contribution is -2.21. The predicted octanol–water partition coefficient (Wildman–Crippen LogP) is 4.83. The van der Waals surface area contributed by atoms with Gasteiger partial charge < -0.3 is 9.51 Å². The van der Waals surface area contributed by atoms with Crippen LogP contribution in [-0.2, 0) is 13.1 Å². The summed E-state index contributed by atoms with van der Waals surface area (Å²) < 4.78 is 20.7. The molecule has 6 nitrogen and oxygen atoms in total. The number of hydrogen-bond acceptors (Lipinski definition) is 5. The summed E-state index contributed by atoms with van der Waals surface area (Å²) in [7, 11) is 0. The highest BCUT2D eigenvalue weighted by molar-refractivity contribution is 14.1. The zero-order valence-corrected chi connectivity index (χ0v) is 17.3. The molecule has 0 aliphatic carbocycles. The first-order chi connectivity index (χ1) is 14.2. The van der Waals surface area contributed by atoms with Gasteiger partial charge in [-0.05, 0) is 46.9 Å². The highest BCUT2D eigenvalue weighted by Gasteiger charge is 2.20. The molecule has 2 aromatic heterocycles. The van der Waals surface area contributed by atoms with E-state index in [0.29, 0.717) is 30.2 Å². The molecule has 5 rings (SSSR count). The van der Waals surface area contributed by atoms with E-state index in [2.05, 4.69) is 42.8 Å². The van der Waals surface area contributed by atoms with Gasteiger partial charge in [-0.15, -0.1) is 0 Å². The number of aromatic amines is 1. The number of aromatic nitrogens is 3. The average Bonchev–Trinajstić information content (AvgIpc) is 3.35. The Kier molecular flexibility index (Phi) is 4.62. The number of hydrogen-bond donors (Lipinski definition) is 1. The van der Waals surface area contributed by atoms with E-state index in [9.17, 15) is 4.39 Å². The van der Waals surface area contributed by atoms with Crippen molar-refractivity contribution < 1.29 is 8.91 Å². The quantitative estimate of drug-likeness (QED) is 0.409. The molecule has 8 heteroatoms. The van der Waals surface area contributed by atoms with E-state index < -0.39 is 0 Å². The Morgan fingerprint density at radius 3 is 2.79 bits per heavy atom. The fourth-order valence-corrected chi connectivity index (χ4v) is 3.56. The van der Waals surface area contributed by atoms with E-state index in [1.807, 2.05) is 35.3 Å². The van der Waals surface area contributed by atoms with Crippen LogP contribution in [0.5, 0.6) is 0 Å². The number of hydrazone groups is 1. The molecule has 0 radical (unpaired) electrons. The number of nitrogens with zero attached hydrogens (tertiary/aromatic N) is 4. The van der Waals surface area contributed by atoms with E-state index in [1.54, 1.807) is 24.4 Å². The first kappa shape index (κ1) is 18.0. The Balaban J connectivity index is 1.32. The summed E-state index contributed by atoms with van der Waals surface area (Å²) in [6, 6.07) is 16.6. The highest BCUT2D eigenvalue weighted by atomic mass is 127. The normalized spacial score (nSPS) is 13.0. The van der Waals surface area contributed by atoms with Gasteiger partial charge in [0, 0.05) is 15.2 Å². The van der Waals surface area contributed by atoms with Crippen LogP contribution in [0.25, 0.3) is 22.6 Å². The van der Waals surface area contributed by atoms with Gasteiger partial charge in [0.05, 0.1) is 36.3 Å². The van der Waals surface area contributed by atoms with Crippen LogP contribution in [0.4, 0.5) is 4.39 Å². The zero-order chi connectivity index (χ0) is 19.8. The summed E-state index contributed by atoms with van der Waals surface area (Å²) in [5.74, 6) is 0.906. The van der Waals surface area contributed by atoms with Crippen molar-refractivity contribution in [3.63, 3.8) is 0 Å². The fraction of sp³-hybridized carbons (Fsp3) is 0.0952. The van der Waals surface area contributed by atoms with Crippen molar-refractivity contribution in [2.24, 2.45) is 5.10 Å². The van der Waals surface area contributed by atoms with Gasteiger partial charge in [0.1, 0.15) is 17.3 Å². The van der Waals surface area contributed by atoms with Crippen LogP contribution < -0.4 is 0 Å². The predicted molar refractivity (Wildman–Crippen MR) is 115 cm³/mol. The van der Waals surface area contributed by atoms with Gasteiger partial charge in [0.25, 0.3) is 0 Å². The molecule has 0 amide bonds. The van der Waals surface area contributed by atoms with Gasteiger partial charge in [-0.2, -0.15) is 5.10 Å². The van der Waals surface area contributed by atoms with E-state index in [-0.39, 0.29) is 5.82 Å². The summed E-state index contributed by atoms with van der Waals surface area (Å²) in [6.45, 7) is 0.964. The first-order valence-corrected chi connectivity index (χ1v) is 10.1. The number of fused-ring (bicyclic) bond motifs is 1. The largest absolute Gasteiger partial charge is 0.359 e. The van der Waals surface area contributed by atoms with Crippen molar-refractivity contribution in [1.82, 2.24) is 20.1 Å². The standard InChI is InChI=1S/C21H15FIN5O/c22-17-4-2-1-3-16(17)21-25-19-10-24-28(12-20(19)26-21)11-15-9-18(27-29-15)13-5-7-14(23)8-6-13/h1-10H,11-12H2,(H,25,26). The molecule has 0 fully saturated rings. The van der Waals surface area contributed by atoms with Crippen molar-refractivity contribution in [3.05, 3.63) is 81.1 Å². The molecular formula is C21H15FIN5O. The van der Waals surface area contributed by atoms with Crippen molar-refractivity contribution in [2.75, 3.05) is 0 Å². The van der Waals surface area contributed by atoms with Crippen LogP contribution in [0.3, 0.4) is 0 Å². The Labute approximate surface area is 179 Å². The van der Waals surface area contributed by atoms with E-state index in [0.717, 1.165) is 22.6 Å². The molecule has 0 saturated carbocycles. The van der Waals surface area contributed by atoms with Crippen LogP contribution in [-0.4, -0.2) is 26.3 Å². The number of nitrogens with one attached hydrogen (secondary N) is 1. The van der Waals surface area contributed by atoms with Crippen LogP contribution in [0, 0.1) is 9.39 Å². The minimum atomic E-state index is -0.308. The topological polar surface area (TPSA) is 70.3 Å². The molecule has 144 valence electrons. The van der Waals surface area contributed by atoms with Crippen LogP contribution >= 0.6 is 22.6 Å². The second kappa shape index (κ2) is 7.43. The highest BCUT2D eigenvalue weighted by Crippen LogP contribution is 2.25. The second-order valence-electron chi connectivity index (χ2n) is 6.68. The van der Waals surface area contributed by atoms with Gasteiger partial charge in [-0.25, -0.2) is 9.37 Å². The van der Waals surface area contributed by atoms with Gasteiger partial charge >= 0.3 is 0 Å². The molecule has 1 aliphatic rings. The third-order valence-electron chi connectivity index (χ3n) is 4.66. The summed E-state index contributed by atoms with van der Waals surface area (Å²) in [4.78, 5) is 7.70. The molecule has 3 heterocycles. The lowest BCUT2D eigenvalue weighted by Gasteiger charge is -2.19. The van der Waals surface area contributed by atoms with Crippen molar-refractivity contribution >= 4 is 28.8 Å². The van der Waals surface area contributed by atoms with Crippen LogP contribution in [0.15, 0.2) is 64.2 Å². The number of rotatable bonds is 4. The summed E-state index contributed by atoms with van der Waals surface area (Å²) in [5, 5.41) is 10.4. The molecular weight excluding hydrogens is 484 g/mol. The first-order valence-electron chi connectivity index (χ1n) is 9.00. The van der Waals surface area contributed by atoms with Gasteiger partial charge in [-0.3, -0.25) is 5.01 Å². The molecule has 4 aromatic rings. The summed E-state index contributed by atoms with van der Waals surface area (Å²) in [6.07, 6.45) is 1.70. The van der Waals surface area contributed by atoms with Crippen LogP contribution in [0.1, 0.15) is 17.1 Å². The Hall–Kier alpha value is -3.01. The Morgan fingerprint density at radius 1 is 1.14 bits per heavy atom. The Bertz CT molecular complexity index is 1200. The molecule has 0 bridgehead atoms. The zero-order valence-electron chi connectivity index (χ0n) is 15.1. The molecule has 0 spiro atoms. The maximum absolute atomic E-state index is 14.0. The maximum atomic E-state index is 14.0. The minimum absolute atomic E-state index is 0.308. The summed E-state index contributed by atoms with van der Waals surface area (Å²) >= 11 is 2.27. The Morgan fingerprint density at radius 2 is 1.97 bits per heavy atom. The molecule has 29 heavy (non-hydrogen) atoms. The van der Waals surface area contributed by atoms with Gasteiger partial charge in [0.15, 0.2) is 5.76 Å². The van der Waals surface area contributed by atoms with Crippen LogP contribution in [0.2, 0.25) is 0 Å². The van der Waals surface area contributed by atoms with E-state index >= 15 is 0 Å². The smallest absolute Gasteiger partial charge is 0.158 e. The average molecular weight is 499 g/mol. The summed E-state index contributed by atoms with van der Waals surface area (Å²) in [5.41, 5.74) is 3.85. The number of benzene rings is 2. The van der Waals surface area contributed by atoms with E-state index in [4.69, 9.17) is 4.52 Å². The lowest BCUT2D eigenvalue weighted by molar-refractivity contribution is 0.229. The van der Waals surface area contributed by atoms with Crippen molar-refractivity contribution in [3.8, 4) is 22.6 Å². The number of halogens is 2. The third kappa shape index (κ3) is 3.67. The van der Waals surface area contributed by atoms with Gasteiger partial charge in [-0.1, -0.05) is 29.4 Å². The number of H-pyrrole nitrogens is 1. The van der Waals surface area contributed by atoms with Crippen molar-refractivity contribution in [1.29, 1.82) is 0 Å². The maximum Gasteiger partial charge on any atom is 0.158 e. The molecule has 0 atom stereocenters. The molecule has 1 N–H and O–H groups in total. The van der Waals surface area contributed by atoms with Crippen molar-refractivity contribution in [2.45, 2.75) is 13.1 Å². The minimum Gasteiger partial charge on any atom is -0.359 e. The van der Waals surface area contributed by atoms with E-state index in [1.165, 1.54) is 9.64 Å². The third-order valence-corrected chi connectivity index (χ3v) is 5.38. The SMILES string of the molecule is Fc1ccccc1-c1nc2c([nH]1)C=NN(Cc1cc(-c3ccc(I)cc3)no1)C2. The number of imidazole rings is 1. The molecule has 0 unspecified atom stereocenters. The fourth-order valence-electron chi connectivity index (χ4n) is 3.20. The molecule has 1 aliphatic heterocycles.